The average molecular weight is 312 g/mol. The largest absolute Gasteiger partial charge is 0.381 e. The molecule has 2 aromatic rings. The fourth-order valence-electron chi connectivity index (χ4n) is 2.74. The molecule has 0 bridgehead atoms. The summed E-state index contributed by atoms with van der Waals surface area (Å²) in [6.07, 6.45) is 2.07. The summed E-state index contributed by atoms with van der Waals surface area (Å²) < 4.78 is 5.39. The maximum Gasteiger partial charge on any atom is 0.261 e. The van der Waals surface area contributed by atoms with Gasteiger partial charge in [0.05, 0.1) is 6.61 Å². The van der Waals surface area contributed by atoms with Gasteiger partial charge in [-0.2, -0.15) is 0 Å². The third kappa shape index (κ3) is 3.87. The zero-order valence-corrected chi connectivity index (χ0v) is 12.9. The Kier molecular flexibility index (Phi) is 4.88. The summed E-state index contributed by atoms with van der Waals surface area (Å²) in [7, 11) is 0. The Labute approximate surface area is 134 Å². The van der Waals surface area contributed by atoms with E-state index in [0.29, 0.717) is 24.8 Å². The molecule has 1 aliphatic rings. The summed E-state index contributed by atoms with van der Waals surface area (Å²) in [6, 6.07) is 12.9. The van der Waals surface area contributed by atoms with Crippen LogP contribution in [0.15, 0.2) is 47.3 Å². The standard InChI is InChI=1S/C18H20N2O3/c21-17(19-11-13-5-4-10-23-12-13)15-8-9-16(20-18(15)22)14-6-2-1-3-7-14/h1-3,6-9,13H,4-5,10-12H2,(H,19,21)(H,20,22)/t13-/m0/s1. The SMILES string of the molecule is O=C(NC[C@@H]1CCCOC1)c1ccc(-c2ccccc2)[nH]c1=O. The molecule has 1 atom stereocenters. The molecule has 3 rings (SSSR count). The number of benzene rings is 1. The number of ether oxygens (including phenoxy) is 1. The molecule has 0 saturated carbocycles. The Balaban J connectivity index is 1.68. The van der Waals surface area contributed by atoms with Crippen molar-refractivity contribution in [1.29, 1.82) is 0 Å². The number of carbonyl (C=O) groups is 1. The van der Waals surface area contributed by atoms with Gasteiger partial charge in [0.25, 0.3) is 11.5 Å². The minimum Gasteiger partial charge on any atom is -0.381 e. The van der Waals surface area contributed by atoms with Gasteiger partial charge >= 0.3 is 0 Å². The minimum absolute atomic E-state index is 0.140. The van der Waals surface area contributed by atoms with Crippen LogP contribution in [-0.2, 0) is 4.74 Å². The summed E-state index contributed by atoms with van der Waals surface area (Å²) in [4.78, 5) is 27.1. The van der Waals surface area contributed by atoms with Gasteiger partial charge in [0.2, 0.25) is 0 Å². The number of nitrogens with one attached hydrogen (secondary N) is 2. The summed E-state index contributed by atoms with van der Waals surface area (Å²) >= 11 is 0. The van der Waals surface area contributed by atoms with Crippen molar-refractivity contribution >= 4 is 5.91 Å². The topological polar surface area (TPSA) is 71.2 Å². The molecule has 5 heteroatoms. The molecule has 0 aliphatic carbocycles. The summed E-state index contributed by atoms with van der Waals surface area (Å²) in [6.45, 7) is 2.01. The van der Waals surface area contributed by atoms with E-state index in [2.05, 4.69) is 10.3 Å². The molecule has 2 N–H and O–H groups in total. The van der Waals surface area contributed by atoms with Crippen molar-refractivity contribution < 1.29 is 9.53 Å². The zero-order valence-electron chi connectivity index (χ0n) is 12.9. The summed E-state index contributed by atoms with van der Waals surface area (Å²) in [5, 5.41) is 2.83. The Morgan fingerprint density at radius 2 is 2.04 bits per heavy atom. The maximum absolute atomic E-state index is 12.2. The van der Waals surface area contributed by atoms with E-state index in [1.807, 2.05) is 30.3 Å². The predicted octanol–water partition coefficient (Wildman–Crippen LogP) is 2.20. The molecule has 5 nitrogen and oxygen atoms in total. The van der Waals surface area contributed by atoms with E-state index < -0.39 is 0 Å². The van der Waals surface area contributed by atoms with Crippen LogP contribution < -0.4 is 10.9 Å². The van der Waals surface area contributed by atoms with Crippen LogP contribution in [0.5, 0.6) is 0 Å². The second kappa shape index (κ2) is 7.24. The Hall–Kier alpha value is -2.40. The predicted molar refractivity (Wildman–Crippen MR) is 88.4 cm³/mol. The van der Waals surface area contributed by atoms with Crippen LogP contribution in [0.3, 0.4) is 0 Å². The molecule has 1 amide bonds. The van der Waals surface area contributed by atoms with Gasteiger partial charge in [0.15, 0.2) is 0 Å². The number of aromatic amines is 1. The second-order valence-corrected chi connectivity index (χ2v) is 5.77. The maximum atomic E-state index is 12.2. The van der Waals surface area contributed by atoms with Crippen LogP contribution in [0.1, 0.15) is 23.2 Å². The molecular formula is C18H20N2O3. The summed E-state index contributed by atoms with van der Waals surface area (Å²) in [5.41, 5.74) is 1.38. The van der Waals surface area contributed by atoms with Crippen molar-refractivity contribution in [3.8, 4) is 11.3 Å². The normalized spacial score (nSPS) is 17.7. The monoisotopic (exact) mass is 312 g/mol. The average Bonchev–Trinajstić information content (AvgIpc) is 2.61. The number of hydrogen-bond donors (Lipinski definition) is 2. The van der Waals surface area contributed by atoms with Crippen molar-refractivity contribution in [2.45, 2.75) is 12.8 Å². The molecular weight excluding hydrogens is 292 g/mol. The van der Waals surface area contributed by atoms with Gasteiger partial charge in [0, 0.05) is 18.8 Å². The van der Waals surface area contributed by atoms with Crippen LogP contribution in [0.2, 0.25) is 0 Å². The molecule has 1 aromatic carbocycles. The molecule has 0 radical (unpaired) electrons. The van der Waals surface area contributed by atoms with Gasteiger partial charge in [-0.25, -0.2) is 0 Å². The van der Waals surface area contributed by atoms with E-state index in [-0.39, 0.29) is 17.0 Å². The van der Waals surface area contributed by atoms with Gasteiger partial charge in [-0.15, -0.1) is 0 Å². The first kappa shape index (κ1) is 15.5. The van der Waals surface area contributed by atoms with Gasteiger partial charge in [-0.1, -0.05) is 30.3 Å². The molecule has 1 fully saturated rings. The van der Waals surface area contributed by atoms with Crippen LogP contribution in [-0.4, -0.2) is 30.6 Å². The molecule has 0 spiro atoms. The van der Waals surface area contributed by atoms with Gasteiger partial charge in [-0.3, -0.25) is 9.59 Å². The lowest BCUT2D eigenvalue weighted by Crippen LogP contribution is -2.35. The fraction of sp³-hybridized carbons (Fsp3) is 0.333. The number of aromatic nitrogens is 1. The second-order valence-electron chi connectivity index (χ2n) is 5.77. The third-order valence-electron chi connectivity index (χ3n) is 4.04. The van der Waals surface area contributed by atoms with Gasteiger partial charge < -0.3 is 15.0 Å². The highest BCUT2D eigenvalue weighted by Crippen LogP contribution is 2.15. The summed E-state index contributed by atoms with van der Waals surface area (Å²) in [5.74, 6) is -0.00758. The number of amides is 1. The number of carbonyl (C=O) groups excluding carboxylic acids is 1. The third-order valence-corrected chi connectivity index (χ3v) is 4.04. The highest BCUT2D eigenvalue weighted by Gasteiger charge is 2.17. The minimum atomic E-state index is -0.372. The lowest BCUT2D eigenvalue weighted by Gasteiger charge is -2.22. The van der Waals surface area contributed by atoms with E-state index in [1.54, 1.807) is 12.1 Å². The van der Waals surface area contributed by atoms with Crippen molar-refractivity contribution in [3.05, 3.63) is 58.4 Å². The molecule has 23 heavy (non-hydrogen) atoms. The first-order valence-corrected chi connectivity index (χ1v) is 7.89. The number of hydrogen-bond acceptors (Lipinski definition) is 3. The number of rotatable bonds is 4. The van der Waals surface area contributed by atoms with Gasteiger partial charge in [-0.05, 0) is 36.5 Å². The van der Waals surface area contributed by atoms with E-state index in [4.69, 9.17) is 4.74 Å². The fourth-order valence-corrected chi connectivity index (χ4v) is 2.74. The molecule has 2 heterocycles. The van der Waals surface area contributed by atoms with E-state index in [9.17, 15) is 9.59 Å². The zero-order chi connectivity index (χ0) is 16.1. The van der Waals surface area contributed by atoms with Crippen molar-refractivity contribution in [2.24, 2.45) is 5.92 Å². The van der Waals surface area contributed by atoms with Crippen molar-refractivity contribution in [2.75, 3.05) is 19.8 Å². The van der Waals surface area contributed by atoms with Gasteiger partial charge in [0.1, 0.15) is 5.56 Å². The molecule has 1 aliphatic heterocycles. The lowest BCUT2D eigenvalue weighted by atomic mass is 10.0. The first-order chi connectivity index (χ1) is 11.2. The van der Waals surface area contributed by atoms with Crippen molar-refractivity contribution in [3.63, 3.8) is 0 Å². The molecule has 1 aromatic heterocycles. The number of pyridine rings is 1. The Bertz CT molecular complexity index is 719. The number of H-pyrrole nitrogens is 1. The van der Waals surface area contributed by atoms with E-state index in [1.165, 1.54) is 0 Å². The smallest absolute Gasteiger partial charge is 0.261 e. The lowest BCUT2D eigenvalue weighted by molar-refractivity contribution is 0.0536. The quantitative estimate of drug-likeness (QED) is 0.909. The first-order valence-electron chi connectivity index (χ1n) is 7.89. The van der Waals surface area contributed by atoms with Crippen molar-refractivity contribution in [1.82, 2.24) is 10.3 Å². The molecule has 0 unspecified atom stereocenters. The van der Waals surface area contributed by atoms with Crippen LogP contribution in [0, 0.1) is 5.92 Å². The Morgan fingerprint density at radius 1 is 1.22 bits per heavy atom. The highest BCUT2D eigenvalue weighted by atomic mass is 16.5. The van der Waals surface area contributed by atoms with E-state index >= 15 is 0 Å². The van der Waals surface area contributed by atoms with Crippen LogP contribution in [0.4, 0.5) is 0 Å². The van der Waals surface area contributed by atoms with E-state index in [0.717, 1.165) is 25.0 Å². The Morgan fingerprint density at radius 3 is 2.74 bits per heavy atom. The van der Waals surface area contributed by atoms with Crippen LogP contribution >= 0.6 is 0 Å². The molecule has 1 saturated heterocycles. The van der Waals surface area contributed by atoms with Crippen LogP contribution in [0.25, 0.3) is 11.3 Å². The molecule has 120 valence electrons. The highest BCUT2D eigenvalue weighted by molar-refractivity contribution is 5.94.